The summed E-state index contributed by atoms with van der Waals surface area (Å²) in [7, 11) is 1.37. The summed E-state index contributed by atoms with van der Waals surface area (Å²) in [6.07, 6.45) is 0.255. The van der Waals surface area contributed by atoms with E-state index in [9.17, 15) is 9.59 Å². The molecule has 6 heteroatoms. The number of esters is 1. The van der Waals surface area contributed by atoms with Gasteiger partial charge in [0.25, 0.3) is 0 Å². The predicted octanol–water partition coefficient (Wildman–Crippen LogP) is 2.78. The van der Waals surface area contributed by atoms with Gasteiger partial charge in [0.05, 0.1) is 13.0 Å². The van der Waals surface area contributed by atoms with Gasteiger partial charge in [0.15, 0.2) is 0 Å². The first-order chi connectivity index (χ1) is 11.2. The molecule has 0 radical (unpaired) electrons. The summed E-state index contributed by atoms with van der Waals surface area (Å²) in [5.74, 6) is -0.784. The van der Waals surface area contributed by atoms with Gasteiger partial charge in [-0.3, -0.25) is 4.79 Å². The first kappa shape index (κ1) is 18.1. The number of nitrogen functional groups attached to an aromatic ring is 1. The molecule has 0 saturated carbocycles. The van der Waals surface area contributed by atoms with E-state index in [-0.39, 0.29) is 18.4 Å². The standard InChI is InChI=1S/C18H26N2O4/c1-18(2,3)24-17(22)20-9-8-14(15(11-20)16(21)23-4)12-6-5-7-13(19)10-12/h5-7,10,14-15H,8-9,11,19H2,1-4H3/t14-,15+/m1/s1. The van der Waals surface area contributed by atoms with Crippen molar-refractivity contribution in [1.82, 2.24) is 4.90 Å². The van der Waals surface area contributed by atoms with Gasteiger partial charge in [-0.15, -0.1) is 0 Å². The van der Waals surface area contributed by atoms with Crippen LogP contribution in [0.25, 0.3) is 0 Å². The number of nitrogens with zero attached hydrogens (tertiary/aromatic N) is 1. The van der Waals surface area contributed by atoms with Crippen molar-refractivity contribution in [3.63, 3.8) is 0 Å². The van der Waals surface area contributed by atoms with Crippen molar-refractivity contribution < 1.29 is 19.1 Å². The van der Waals surface area contributed by atoms with Crippen LogP contribution in [0.4, 0.5) is 10.5 Å². The van der Waals surface area contributed by atoms with Crippen LogP contribution < -0.4 is 5.73 Å². The zero-order chi connectivity index (χ0) is 17.9. The normalized spacial score (nSPS) is 21.2. The predicted molar refractivity (Wildman–Crippen MR) is 91.5 cm³/mol. The van der Waals surface area contributed by atoms with Crippen molar-refractivity contribution >= 4 is 17.7 Å². The van der Waals surface area contributed by atoms with Crippen LogP contribution in [-0.2, 0) is 14.3 Å². The summed E-state index contributed by atoms with van der Waals surface area (Å²) < 4.78 is 10.4. The molecule has 2 rings (SSSR count). The van der Waals surface area contributed by atoms with E-state index in [1.54, 1.807) is 4.90 Å². The van der Waals surface area contributed by atoms with Crippen LogP contribution in [0, 0.1) is 5.92 Å². The third-order valence-electron chi connectivity index (χ3n) is 4.11. The summed E-state index contributed by atoms with van der Waals surface area (Å²) >= 11 is 0. The number of rotatable bonds is 2. The van der Waals surface area contributed by atoms with Crippen LogP contribution in [0.15, 0.2) is 24.3 Å². The highest BCUT2D eigenvalue weighted by molar-refractivity contribution is 5.76. The molecule has 0 unspecified atom stereocenters. The SMILES string of the molecule is COC(=O)[C@H]1CN(C(=O)OC(C)(C)C)CC[C@@H]1c1cccc(N)c1. The van der Waals surface area contributed by atoms with Crippen molar-refractivity contribution in [2.24, 2.45) is 5.92 Å². The Balaban J connectivity index is 2.19. The molecule has 6 nitrogen and oxygen atoms in total. The highest BCUT2D eigenvalue weighted by Gasteiger charge is 2.38. The number of anilines is 1. The Labute approximate surface area is 142 Å². The Morgan fingerprint density at radius 1 is 1.29 bits per heavy atom. The van der Waals surface area contributed by atoms with Crippen molar-refractivity contribution in [2.45, 2.75) is 38.7 Å². The molecule has 0 spiro atoms. The Morgan fingerprint density at radius 3 is 2.58 bits per heavy atom. The maximum atomic E-state index is 12.3. The molecule has 1 aromatic rings. The fraction of sp³-hybridized carbons (Fsp3) is 0.556. The molecular weight excluding hydrogens is 308 g/mol. The van der Waals surface area contributed by atoms with E-state index in [0.717, 1.165) is 5.56 Å². The van der Waals surface area contributed by atoms with Gasteiger partial charge in [0.1, 0.15) is 5.60 Å². The number of piperidine rings is 1. The molecule has 1 fully saturated rings. The maximum Gasteiger partial charge on any atom is 0.410 e. The van der Waals surface area contributed by atoms with E-state index in [2.05, 4.69) is 0 Å². The van der Waals surface area contributed by atoms with Crippen molar-refractivity contribution in [3.05, 3.63) is 29.8 Å². The molecule has 1 aliphatic heterocycles. The molecule has 1 amide bonds. The highest BCUT2D eigenvalue weighted by Crippen LogP contribution is 2.35. The quantitative estimate of drug-likeness (QED) is 0.664. The smallest absolute Gasteiger partial charge is 0.410 e. The highest BCUT2D eigenvalue weighted by atomic mass is 16.6. The van der Waals surface area contributed by atoms with Crippen LogP contribution in [0.2, 0.25) is 0 Å². The third kappa shape index (κ3) is 4.40. The van der Waals surface area contributed by atoms with E-state index >= 15 is 0 Å². The van der Waals surface area contributed by atoms with Gasteiger partial charge < -0.3 is 20.1 Å². The third-order valence-corrected chi connectivity index (χ3v) is 4.11. The number of nitrogens with two attached hydrogens (primary N) is 1. The molecule has 1 aliphatic rings. The molecule has 1 saturated heterocycles. The lowest BCUT2D eigenvalue weighted by Crippen LogP contribution is -2.47. The van der Waals surface area contributed by atoms with Gasteiger partial charge in [0.2, 0.25) is 0 Å². The lowest BCUT2D eigenvalue weighted by molar-refractivity contribution is -0.148. The van der Waals surface area contributed by atoms with E-state index in [1.165, 1.54) is 7.11 Å². The Kier molecular flexibility index (Phi) is 5.36. The summed E-state index contributed by atoms with van der Waals surface area (Å²) in [6, 6.07) is 7.52. The maximum absolute atomic E-state index is 12.3. The van der Waals surface area contributed by atoms with E-state index in [4.69, 9.17) is 15.2 Å². The number of likely N-dealkylation sites (tertiary alicyclic amines) is 1. The Bertz CT molecular complexity index is 609. The summed E-state index contributed by atoms with van der Waals surface area (Å²) in [4.78, 5) is 26.1. The molecule has 132 valence electrons. The van der Waals surface area contributed by atoms with Crippen LogP contribution in [0.3, 0.4) is 0 Å². The molecule has 0 aliphatic carbocycles. The minimum Gasteiger partial charge on any atom is -0.469 e. The second kappa shape index (κ2) is 7.11. The van der Waals surface area contributed by atoms with Crippen molar-refractivity contribution in [2.75, 3.05) is 25.9 Å². The molecule has 24 heavy (non-hydrogen) atoms. The van der Waals surface area contributed by atoms with E-state index in [0.29, 0.717) is 18.7 Å². The number of hydrogen-bond acceptors (Lipinski definition) is 5. The molecule has 2 atom stereocenters. The molecule has 1 heterocycles. The number of hydrogen-bond donors (Lipinski definition) is 1. The lowest BCUT2D eigenvalue weighted by atomic mass is 9.80. The van der Waals surface area contributed by atoms with Gasteiger partial charge in [0, 0.05) is 24.7 Å². The largest absolute Gasteiger partial charge is 0.469 e. The second-order valence-electron chi connectivity index (χ2n) is 7.12. The van der Waals surface area contributed by atoms with Gasteiger partial charge in [-0.1, -0.05) is 12.1 Å². The number of ether oxygens (including phenoxy) is 2. The second-order valence-corrected chi connectivity index (χ2v) is 7.12. The van der Waals surface area contributed by atoms with Crippen LogP contribution in [0.5, 0.6) is 0 Å². The first-order valence-electron chi connectivity index (χ1n) is 8.12. The minimum atomic E-state index is -0.567. The fourth-order valence-corrected chi connectivity index (χ4v) is 3.02. The minimum absolute atomic E-state index is 0.0281. The summed E-state index contributed by atoms with van der Waals surface area (Å²) in [5, 5.41) is 0. The van der Waals surface area contributed by atoms with Crippen molar-refractivity contribution in [1.29, 1.82) is 0 Å². The van der Waals surface area contributed by atoms with Crippen LogP contribution in [-0.4, -0.2) is 42.8 Å². The van der Waals surface area contributed by atoms with E-state index < -0.39 is 17.6 Å². The topological polar surface area (TPSA) is 81.9 Å². The summed E-state index contributed by atoms with van der Waals surface area (Å²) in [5.41, 5.74) is 6.95. The molecule has 0 bridgehead atoms. The average Bonchev–Trinajstić information content (AvgIpc) is 2.52. The fourth-order valence-electron chi connectivity index (χ4n) is 3.02. The zero-order valence-corrected chi connectivity index (χ0v) is 14.7. The summed E-state index contributed by atoms with van der Waals surface area (Å²) in [6.45, 7) is 6.27. The average molecular weight is 334 g/mol. The van der Waals surface area contributed by atoms with Gasteiger partial charge in [-0.05, 0) is 44.9 Å². The van der Waals surface area contributed by atoms with Crippen LogP contribution in [0.1, 0.15) is 38.7 Å². The Hall–Kier alpha value is -2.24. The van der Waals surface area contributed by atoms with Gasteiger partial charge >= 0.3 is 12.1 Å². The first-order valence-corrected chi connectivity index (χ1v) is 8.12. The number of carbonyl (C=O) groups is 2. The van der Waals surface area contributed by atoms with Crippen molar-refractivity contribution in [3.8, 4) is 0 Å². The zero-order valence-electron chi connectivity index (χ0n) is 14.7. The lowest BCUT2D eigenvalue weighted by Gasteiger charge is -2.38. The van der Waals surface area contributed by atoms with E-state index in [1.807, 2.05) is 45.0 Å². The van der Waals surface area contributed by atoms with Crippen LogP contribution >= 0.6 is 0 Å². The monoisotopic (exact) mass is 334 g/mol. The number of carbonyl (C=O) groups excluding carboxylic acids is 2. The number of methoxy groups -OCH3 is 1. The Morgan fingerprint density at radius 2 is 2.00 bits per heavy atom. The molecule has 2 N–H and O–H groups in total. The number of amides is 1. The molecule has 1 aromatic carbocycles. The van der Waals surface area contributed by atoms with Gasteiger partial charge in [-0.25, -0.2) is 4.79 Å². The number of benzene rings is 1. The molecule has 0 aromatic heterocycles. The van der Waals surface area contributed by atoms with Gasteiger partial charge in [-0.2, -0.15) is 0 Å². The molecular formula is C18H26N2O4.